The second-order valence-electron chi connectivity index (χ2n) is 3.39. The van der Waals surface area contributed by atoms with Gasteiger partial charge in [0.15, 0.2) is 0 Å². The van der Waals surface area contributed by atoms with Gasteiger partial charge in [0.25, 0.3) is 5.91 Å². The number of amides is 1. The molecule has 0 radical (unpaired) electrons. The van der Waals surface area contributed by atoms with Crippen LogP contribution >= 0.6 is 0 Å². The number of aromatic nitrogens is 3. The van der Waals surface area contributed by atoms with Crippen LogP contribution in [0, 0.1) is 5.95 Å². The average molecular weight is 234 g/mol. The first-order valence-corrected chi connectivity index (χ1v) is 5.13. The molecule has 5 nitrogen and oxygen atoms in total. The number of nitrogens with one attached hydrogen (secondary N) is 1. The van der Waals surface area contributed by atoms with E-state index in [-0.39, 0.29) is 5.91 Å². The Bertz CT molecular complexity index is 481. The second-order valence-corrected chi connectivity index (χ2v) is 3.39. The summed E-state index contributed by atoms with van der Waals surface area (Å²) in [5.74, 6) is -0.872. The highest BCUT2D eigenvalue weighted by atomic mass is 19.1. The first kappa shape index (κ1) is 11.3. The SMILES string of the molecule is O=C(NCCn1cccn1)c1ccc(F)nc1. The summed E-state index contributed by atoms with van der Waals surface area (Å²) in [6, 6.07) is 4.36. The third kappa shape index (κ3) is 3.10. The number of pyridine rings is 1. The van der Waals surface area contributed by atoms with Crippen molar-refractivity contribution in [2.45, 2.75) is 6.54 Å². The van der Waals surface area contributed by atoms with E-state index in [4.69, 9.17) is 0 Å². The lowest BCUT2D eigenvalue weighted by Gasteiger charge is -2.04. The van der Waals surface area contributed by atoms with Gasteiger partial charge in [0.2, 0.25) is 5.95 Å². The minimum absolute atomic E-state index is 0.273. The van der Waals surface area contributed by atoms with E-state index in [1.54, 1.807) is 10.9 Å². The second kappa shape index (κ2) is 5.20. The molecule has 1 N–H and O–H groups in total. The summed E-state index contributed by atoms with van der Waals surface area (Å²) >= 11 is 0. The predicted octanol–water partition coefficient (Wildman–Crippen LogP) is 0.847. The molecule has 0 atom stereocenters. The first-order valence-electron chi connectivity index (χ1n) is 5.13. The molecule has 2 heterocycles. The third-order valence-electron chi connectivity index (χ3n) is 2.18. The average Bonchev–Trinajstić information content (AvgIpc) is 2.83. The van der Waals surface area contributed by atoms with Crippen molar-refractivity contribution in [1.82, 2.24) is 20.1 Å². The molecule has 0 aliphatic heterocycles. The number of nitrogens with zero attached hydrogens (tertiary/aromatic N) is 3. The van der Waals surface area contributed by atoms with Gasteiger partial charge in [-0.1, -0.05) is 0 Å². The van der Waals surface area contributed by atoms with Crippen LogP contribution in [0.1, 0.15) is 10.4 Å². The van der Waals surface area contributed by atoms with E-state index in [1.165, 1.54) is 12.3 Å². The number of carbonyl (C=O) groups is 1. The predicted molar refractivity (Wildman–Crippen MR) is 58.8 cm³/mol. The Kier molecular flexibility index (Phi) is 3.44. The summed E-state index contributed by atoms with van der Waals surface area (Å²) in [6.45, 7) is 1.05. The molecule has 2 aromatic heterocycles. The number of hydrogen-bond donors (Lipinski definition) is 1. The number of halogens is 1. The number of rotatable bonds is 4. The molecule has 2 rings (SSSR count). The highest BCUT2D eigenvalue weighted by Gasteiger charge is 2.05. The maximum atomic E-state index is 12.5. The maximum absolute atomic E-state index is 12.5. The number of hydrogen-bond acceptors (Lipinski definition) is 3. The van der Waals surface area contributed by atoms with Gasteiger partial charge in [0.05, 0.1) is 12.1 Å². The highest BCUT2D eigenvalue weighted by molar-refractivity contribution is 5.93. The maximum Gasteiger partial charge on any atom is 0.252 e. The molecule has 0 bridgehead atoms. The fourth-order valence-electron chi connectivity index (χ4n) is 1.33. The van der Waals surface area contributed by atoms with Crippen molar-refractivity contribution >= 4 is 5.91 Å². The molecule has 0 saturated carbocycles. The molecule has 0 spiro atoms. The van der Waals surface area contributed by atoms with Crippen LogP contribution < -0.4 is 5.32 Å². The summed E-state index contributed by atoms with van der Waals surface area (Å²) < 4.78 is 14.2. The van der Waals surface area contributed by atoms with Gasteiger partial charge in [-0.15, -0.1) is 0 Å². The molecule has 1 amide bonds. The van der Waals surface area contributed by atoms with Gasteiger partial charge in [-0.05, 0) is 18.2 Å². The quantitative estimate of drug-likeness (QED) is 0.798. The van der Waals surface area contributed by atoms with E-state index in [1.807, 2.05) is 12.3 Å². The van der Waals surface area contributed by atoms with Crippen LogP contribution in [-0.4, -0.2) is 27.2 Å². The Balaban J connectivity index is 1.83. The van der Waals surface area contributed by atoms with Crippen LogP contribution in [0.5, 0.6) is 0 Å². The molecule has 0 saturated heterocycles. The minimum Gasteiger partial charge on any atom is -0.350 e. The molecular formula is C11H11FN4O. The van der Waals surface area contributed by atoms with Crippen LogP contribution in [0.4, 0.5) is 4.39 Å². The monoisotopic (exact) mass is 234 g/mol. The summed E-state index contributed by atoms with van der Waals surface area (Å²) in [5, 5.41) is 6.70. The lowest BCUT2D eigenvalue weighted by Crippen LogP contribution is -2.27. The Hall–Kier alpha value is -2.24. The molecule has 0 fully saturated rings. The van der Waals surface area contributed by atoms with E-state index < -0.39 is 5.95 Å². The summed E-state index contributed by atoms with van der Waals surface area (Å²) in [5.41, 5.74) is 0.340. The van der Waals surface area contributed by atoms with Crippen LogP contribution in [0.3, 0.4) is 0 Å². The van der Waals surface area contributed by atoms with Crippen LogP contribution in [0.25, 0.3) is 0 Å². The van der Waals surface area contributed by atoms with Gasteiger partial charge in [0, 0.05) is 25.1 Å². The van der Waals surface area contributed by atoms with Crippen molar-refractivity contribution in [2.75, 3.05) is 6.54 Å². The summed E-state index contributed by atoms with van der Waals surface area (Å²) in [4.78, 5) is 15.0. The van der Waals surface area contributed by atoms with Gasteiger partial charge in [0.1, 0.15) is 0 Å². The highest BCUT2D eigenvalue weighted by Crippen LogP contribution is 1.98. The minimum atomic E-state index is -0.599. The van der Waals surface area contributed by atoms with Crippen molar-refractivity contribution in [3.63, 3.8) is 0 Å². The van der Waals surface area contributed by atoms with Gasteiger partial charge in [-0.25, -0.2) is 4.98 Å². The Labute approximate surface area is 97.3 Å². The van der Waals surface area contributed by atoms with E-state index >= 15 is 0 Å². The third-order valence-corrected chi connectivity index (χ3v) is 2.18. The van der Waals surface area contributed by atoms with E-state index in [0.717, 1.165) is 6.07 Å². The van der Waals surface area contributed by atoms with Crippen molar-refractivity contribution in [3.8, 4) is 0 Å². The molecule has 17 heavy (non-hydrogen) atoms. The fraction of sp³-hybridized carbons (Fsp3) is 0.182. The Morgan fingerprint density at radius 3 is 3.00 bits per heavy atom. The molecule has 0 aliphatic rings. The van der Waals surface area contributed by atoms with Crippen LogP contribution in [0.15, 0.2) is 36.8 Å². The van der Waals surface area contributed by atoms with Gasteiger partial charge in [-0.2, -0.15) is 9.49 Å². The normalized spacial score (nSPS) is 10.2. The molecule has 2 aromatic rings. The smallest absolute Gasteiger partial charge is 0.252 e. The molecule has 0 unspecified atom stereocenters. The molecule has 0 aliphatic carbocycles. The molecule has 0 aromatic carbocycles. The number of carbonyl (C=O) groups excluding carboxylic acids is 1. The lowest BCUT2D eigenvalue weighted by atomic mass is 10.3. The van der Waals surface area contributed by atoms with Crippen molar-refractivity contribution < 1.29 is 9.18 Å². The van der Waals surface area contributed by atoms with Crippen LogP contribution in [-0.2, 0) is 6.54 Å². The largest absolute Gasteiger partial charge is 0.350 e. The summed E-state index contributed by atoms with van der Waals surface area (Å²) in [6.07, 6.45) is 4.69. The first-order chi connectivity index (χ1) is 8.25. The van der Waals surface area contributed by atoms with Gasteiger partial charge in [-0.3, -0.25) is 9.48 Å². The van der Waals surface area contributed by atoms with Crippen LogP contribution in [0.2, 0.25) is 0 Å². The lowest BCUT2D eigenvalue weighted by molar-refractivity contribution is 0.0951. The molecule has 6 heteroatoms. The molecule has 88 valence electrons. The zero-order chi connectivity index (χ0) is 12.1. The van der Waals surface area contributed by atoms with Gasteiger partial charge >= 0.3 is 0 Å². The topological polar surface area (TPSA) is 59.8 Å². The van der Waals surface area contributed by atoms with Gasteiger partial charge < -0.3 is 5.32 Å². The van der Waals surface area contributed by atoms with Crippen molar-refractivity contribution in [1.29, 1.82) is 0 Å². The Morgan fingerprint density at radius 1 is 1.47 bits per heavy atom. The van der Waals surface area contributed by atoms with E-state index in [2.05, 4.69) is 15.4 Å². The zero-order valence-electron chi connectivity index (χ0n) is 9.01. The Morgan fingerprint density at radius 2 is 2.35 bits per heavy atom. The zero-order valence-corrected chi connectivity index (χ0v) is 9.01. The van der Waals surface area contributed by atoms with E-state index in [0.29, 0.717) is 18.7 Å². The standard InChI is InChI=1S/C11H11FN4O/c12-10-3-2-9(8-14-10)11(17)13-5-7-16-6-1-4-15-16/h1-4,6,8H,5,7H2,(H,13,17). The van der Waals surface area contributed by atoms with E-state index in [9.17, 15) is 9.18 Å². The van der Waals surface area contributed by atoms with Crippen molar-refractivity contribution in [3.05, 3.63) is 48.3 Å². The molecular weight excluding hydrogens is 223 g/mol. The fourth-order valence-corrected chi connectivity index (χ4v) is 1.33. The van der Waals surface area contributed by atoms with Crippen molar-refractivity contribution in [2.24, 2.45) is 0 Å². The summed E-state index contributed by atoms with van der Waals surface area (Å²) in [7, 11) is 0.